The van der Waals surface area contributed by atoms with Crippen molar-refractivity contribution in [3.05, 3.63) is 57.8 Å². The number of amides is 3. The molecule has 0 atom stereocenters. The third-order valence-electron chi connectivity index (χ3n) is 2.30. The van der Waals surface area contributed by atoms with E-state index in [1.54, 1.807) is 30.3 Å². The molecule has 0 bridgehead atoms. The zero-order chi connectivity index (χ0) is 14.4. The smallest absolute Gasteiger partial charge is 0.306 e. The lowest BCUT2D eigenvalue weighted by Gasteiger charge is -2.06. The van der Waals surface area contributed by atoms with Crippen molar-refractivity contribution in [3.8, 4) is 0 Å². The van der Waals surface area contributed by atoms with E-state index in [1.165, 1.54) is 17.4 Å². The van der Waals surface area contributed by atoms with Gasteiger partial charge in [0.1, 0.15) is 0 Å². The molecule has 102 valence electrons. The van der Waals surface area contributed by atoms with Gasteiger partial charge in [0, 0.05) is 11.0 Å². The van der Waals surface area contributed by atoms with Crippen molar-refractivity contribution in [2.45, 2.75) is 0 Å². The van der Waals surface area contributed by atoms with Crippen LogP contribution in [0.3, 0.4) is 0 Å². The number of imide groups is 1. The first-order chi connectivity index (χ1) is 9.65. The molecule has 3 amide bonds. The summed E-state index contributed by atoms with van der Waals surface area (Å²) < 4.78 is 0. The zero-order valence-electron chi connectivity index (χ0n) is 10.3. The Kier molecular flexibility index (Phi) is 4.92. The highest BCUT2D eigenvalue weighted by Crippen LogP contribution is 2.20. The molecule has 2 aromatic rings. The van der Waals surface area contributed by atoms with E-state index in [4.69, 9.17) is 11.6 Å². The molecule has 1 aromatic carbocycles. The van der Waals surface area contributed by atoms with E-state index in [1.807, 2.05) is 17.5 Å². The summed E-state index contributed by atoms with van der Waals surface area (Å²) in [5, 5.41) is 7.00. The van der Waals surface area contributed by atoms with E-state index in [0.717, 1.165) is 4.88 Å². The van der Waals surface area contributed by atoms with E-state index in [0.29, 0.717) is 10.7 Å². The largest absolute Gasteiger partial charge is 0.326 e. The quantitative estimate of drug-likeness (QED) is 0.848. The van der Waals surface area contributed by atoms with Crippen molar-refractivity contribution in [1.29, 1.82) is 0 Å². The summed E-state index contributed by atoms with van der Waals surface area (Å²) in [6, 6.07) is 9.91. The standard InChI is InChI=1S/C14H11ClN2O2S/c15-11-5-1-2-6-12(11)16-14(19)17-13(18)8-7-10-4-3-9-20-10/h1-9H,(H2,16,17,18,19)/b8-7+. The van der Waals surface area contributed by atoms with Crippen LogP contribution in [-0.2, 0) is 4.79 Å². The Morgan fingerprint density at radius 3 is 2.65 bits per heavy atom. The normalized spacial score (nSPS) is 10.4. The average molecular weight is 307 g/mol. The van der Waals surface area contributed by atoms with Gasteiger partial charge in [-0.15, -0.1) is 11.3 Å². The maximum atomic E-state index is 11.6. The van der Waals surface area contributed by atoms with Crippen LogP contribution in [0.1, 0.15) is 4.88 Å². The Balaban J connectivity index is 1.88. The first-order valence-corrected chi connectivity index (χ1v) is 6.99. The van der Waals surface area contributed by atoms with Gasteiger partial charge in [-0.2, -0.15) is 0 Å². The van der Waals surface area contributed by atoms with Crippen LogP contribution in [-0.4, -0.2) is 11.9 Å². The fourth-order valence-electron chi connectivity index (χ4n) is 1.41. The highest BCUT2D eigenvalue weighted by atomic mass is 35.5. The fraction of sp³-hybridized carbons (Fsp3) is 0. The minimum absolute atomic E-state index is 0.407. The van der Waals surface area contributed by atoms with Crippen LogP contribution >= 0.6 is 22.9 Å². The van der Waals surface area contributed by atoms with Gasteiger partial charge in [-0.25, -0.2) is 4.79 Å². The topological polar surface area (TPSA) is 58.2 Å². The number of para-hydroxylation sites is 1. The van der Waals surface area contributed by atoms with Crippen molar-refractivity contribution < 1.29 is 9.59 Å². The van der Waals surface area contributed by atoms with E-state index < -0.39 is 11.9 Å². The Morgan fingerprint density at radius 2 is 1.95 bits per heavy atom. The van der Waals surface area contributed by atoms with Gasteiger partial charge < -0.3 is 5.32 Å². The number of urea groups is 1. The molecule has 6 heteroatoms. The molecule has 0 spiro atoms. The number of rotatable bonds is 3. The van der Waals surface area contributed by atoms with Crippen molar-refractivity contribution in [2.75, 3.05) is 5.32 Å². The summed E-state index contributed by atoms with van der Waals surface area (Å²) in [6.45, 7) is 0. The number of carbonyl (C=O) groups excluding carboxylic acids is 2. The average Bonchev–Trinajstić information content (AvgIpc) is 2.92. The van der Waals surface area contributed by atoms with Crippen LogP contribution in [0.25, 0.3) is 6.08 Å². The second-order valence-electron chi connectivity index (χ2n) is 3.77. The minimum atomic E-state index is -0.626. The number of carbonyl (C=O) groups is 2. The minimum Gasteiger partial charge on any atom is -0.306 e. The molecule has 20 heavy (non-hydrogen) atoms. The van der Waals surface area contributed by atoms with Crippen molar-refractivity contribution in [2.24, 2.45) is 0 Å². The molecular weight excluding hydrogens is 296 g/mol. The predicted octanol–water partition coefficient (Wildman–Crippen LogP) is 3.76. The SMILES string of the molecule is O=C(/C=C/c1cccs1)NC(=O)Nc1ccccc1Cl. The number of nitrogens with one attached hydrogen (secondary N) is 2. The molecule has 0 aliphatic rings. The number of hydrogen-bond donors (Lipinski definition) is 2. The molecule has 0 saturated heterocycles. The molecule has 0 aliphatic heterocycles. The van der Waals surface area contributed by atoms with Gasteiger partial charge in [-0.1, -0.05) is 29.8 Å². The van der Waals surface area contributed by atoms with Crippen molar-refractivity contribution in [1.82, 2.24) is 5.32 Å². The van der Waals surface area contributed by atoms with Crippen LogP contribution in [0.4, 0.5) is 10.5 Å². The lowest BCUT2D eigenvalue weighted by molar-refractivity contribution is -0.115. The molecule has 4 nitrogen and oxygen atoms in total. The first kappa shape index (κ1) is 14.3. The number of anilines is 1. The second-order valence-corrected chi connectivity index (χ2v) is 5.16. The van der Waals surface area contributed by atoms with Crippen LogP contribution in [0.5, 0.6) is 0 Å². The third kappa shape index (κ3) is 4.22. The predicted molar refractivity (Wildman–Crippen MR) is 82.0 cm³/mol. The number of benzene rings is 1. The van der Waals surface area contributed by atoms with Gasteiger partial charge in [0.05, 0.1) is 10.7 Å². The van der Waals surface area contributed by atoms with Crippen LogP contribution in [0, 0.1) is 0 Å². The molecule has 0 fully saturated rings. The van der Waals surface area contributed by atoms with E-state index in [-0.39, 0.29) is 0 Å². The van der Waals surface area contributed by atoms with Gasteiger partial charge in [-0.05, 0) is 29.7 Å². The van der Waals surface area contributed by atoms with Gasteiger partial charge >= 0.3 is 6.03 Å². The summed E-state index contributed by atoms with van der Waals surface area (Å²) in [5.41, 5.74) is 0.446. The van der Waals surface area contributed by atoms with Crippen LogP contribution in [0.2, 0.25) is 5.02 Å². The molecular formula is C14H11ClN2O2S. The Morgan fingerprint density at radius 1 is 1.15 bits per heavy atom. The number of halogens is 1. The monoisotopic (exact) mass is 306 g/mol. The first-order valence-electron chi connectivity index (χ1n) is 5.73. The van der Waals surface area contributed by atoms with E-state index in [9.17, 15) is 9.59 Å². The van der Waals surface area contributed by atoms with Gasteiger partial charge in [0.15, 0.2) is 0 Å². The Hall–Kier alpha value is -2.11. The second kappa shape index (κ2) is 6.88. The van der Waals surface area contributed by atoms with Crippen molar-refractivity contribution in [3.63, 3.8) is 0 Å². The number of hydrogen-bond acceptors (Lipinski definition) is 3. The summed E-state index contributed by atoms with van der Waals surface area (Å²) in [7, 11) is 0. The Labute approximate surface area is 125 Å². The van der Waals surface area contributed by atoms with Crippen LogP contribution in [0.15, 0.2) is 47.9 Å². The molecule has 0 aliphatic carbocycles. The summed E-state index contributed by atoms with van der Waals surface area (Å²) in [6.07, 6.45) is 2.95. The summed E-state index contributed by atoms with van der Waals surface area (Å²) >= 11 is 7.40. The molecule has 0 radical (unpaired) electrons. The third-order valence-corrected chi connectivity index (χ3v) is 3.47. The van der Waals surface area contributed by atoms with Crippen molar-refractivity contribution >= 4 is 46.6 Å². The highest BCUT2D eigenvalue weighted by Gasteiger charge is 2.07. The lowest BCUT2D eigenvalue weighted by Crippen LogP contribution is -2.33. The molecule has 2 rings (SSSR count). The zero-order valence-corrected chi connectivity index (χ0v) is 11.9. The lowest BCUT2D eigenvalue weighted by atomic mass is 10.3. The van der Waals surface area contributed by atoms with Gasteiger partial charge in [0.25, 0.3) is 5.91 Å². The maximum Gasteiger partial charge on any atom is 0.326 e. The molecule has 0 unspecified atom stereocenters. The highest BCUT2D eigenvalue weighted by molar-refractivity contribution is 7.10. The van der Waals surface area contributed by atoms with Crippen LogP contribution < -0.4 is 10.6 Å². The van der Waals surface area contributed by atoms with Gasteiger partial charge in [0.2, 0.25) is 0 Å². The Bertz CT molecular complexity index is 638. The molecule has 0 saturated carbocycles. The summed E-state index contributed by atoms with van der Waals surface area (Å²) in [5.74, 6) is -0.497. The molecule has 2 N–H and O–H groups in total. The molecule has 1 aromatic heterocycles. The van der Waals surface area contributed by atoms with E-state index >= 15 is 0 Å². The van der Waals surface area contributed by atoms with Gasteiger partial charge in [-0.3, -0.25) is 10.1 Å². The number of thiophene rings is 1. The summed E-state index contributed by atoms with van der Waals surface area (Å²) in [4.78, 5) is 24.1. The fourth-order valence-corrected chi connectivity index (χ4v) is 2.21. The molecule has 1 heterocycles. The maximum absolute atomic E-state index is 11.6. The van der Waals surface area contributed by atoms with E-state index in [2.05, 4.69) is 10.6 Å².